The van der Waals surface area contributed by atoms with Gasteiger partial charge in [-0.15, -0.1) is 0 Å². The number of aryl methyl sites for hydroxylation is 1. The molecule has 13 heavy (non-hydrogen) atoms. The van der Waals surface area contributed by atoms with E-state index in [0.29, 0.717) is 5.28 Å². The molecule has 68 valence electrons. The van der Waals surface area contributed by atoms with E-state index in [1.165, 1.54) is 0 Å². The largest absolute Gasteiger partial charge is 0.300 e. The lowest BCUT2D eigenvalue weighted by molar-refractivity contribution is 0.778. The number of hydrogen-bond acceptors (Lipinski definition) is 2. The zero-order valence-corrected chi connectivity index (χ0v) is 9.30. The molecule has 0 atom stereocenters. The minimum Gasteiger partial charge on any atom is -0.300 e. The number of aromatic nitrogens is 3. The molecule has 2 rings (SSSR count). The maximum atomic E-state index is 5.92. The van der Waals surface area contributed by atoms with E-state index in [1.54, 1.807) is 0 Å². The van der Waals surface area contributed by atoms with Gasteiger partial charge in [0, 0.05) is 6.54 Å². The Morgan fingerprint density at radius 3 is 2.92 bits per heavy atom. The Hall–Kier alpha value is -0.610. The van der Waals surface area contributed by atoms with Crippen molar-refractivity contribution in [1.82, 2.24) is 14.5 Å². The van der Waals surface area contributed by atoms with Gasteiger partial charge in [0.25, 0.3) is 0 Å². The molecule has 0 aliphatic carbocycles. The molecule has 0 radical (unpaired) electrons. The van der Waals surface area contributed by atoms with E-state index in [9.17, 15) is 0 Å². The van der Waals surface area contributed by atoms with Crippen molar-refractivity contribution in [3.8, 4) is 0 Å². The fourth-order valence-electron chi connectivity index (χ4n) is 1.23. The quantitative estimate of drug-likeness (QED) is 0.738. The molecule has 0 aliphatic heterocycles. The maximum Gasteiger partial charge on any atom is 0.204 e. The number of pyridine rings is 1. The predicted molar refractivity (Wildman–Crippen MR) is 55.9 cm³/mol. The molecule has 0 saturated carbocycles. The second kappa shape index (κ2) is 3.27. The van der Waals surface area contributed by atoms with Gasteiger partial charge in [-0.2, -0.15) is 0 Å². The highest BCUT2D eigenvalue weighted by molar-refractivity contribution is 9.10. The van der Waals surface area contributed by atoms with Crippen LogP contribution in [0.15, 0.2) is 16.7 Å². The summed E-state index contributed by atoms with van der Waals surface area (Å²) in [5.41, 5.74) is 1.65. The summed E-state index contributed by atoms with van der Waals surface area (Å²) in [6, 6.07) is 3.75. The summed E-state index contributed by atoms with van der Waals surface area (Å²) < 4.78 is 2.66. The van der Waals surface area contributed by atoms with Crippen LogP contribution < -0.4 is 0 Å². The van der Waals surface area contributed by atoms with Crippen molar-refractivity contribution in [2.24, 2.45) is 0 Å². The Balaban J connectivity index is 2.80. The lowest BCUT2D eigenvalue weighted by Crippen LogP contribution is -1.95. The van der Waals surface area contributed by atoms with Crippen molar-refractivity contribution >= 4 is 38.7 Å². The Morgan fingerprint density at radius 2 is 2.23 bits per heavy atom. The third kappa shape index (κ3) is 1.44. The van der Waals surface area contributed by atoms with E-state index >= 15 is 0 Å². The Kier molecular flexibility index (Phi) is 2.26. The van der Waals surface area contributed by atoms with E-state index in [2.05, 4.69) is 25.9 Å². The van der Waals surface area contributed by atoms with Crippen LogP contribution in [-0.2, 0) is 6.54 Å². The lowest BCUT2D eigenvalue weighted by Gasteiger charge is -1.98. The van der Waals surface area contributed by atoms with Crippen LogP contribution in [0.25, 0.3) is 11.2 Å². The van der Waals surface area contributed by atoms with E-state index in [-0.39, 0.29) is 0 Å². The first-order valence-corrected chi connectivity index (χ1v) is 5.07. The predicted octanol–water partition coefficient (Wildman–Crippen LogP) is 2.87. The fraction of sp³-hybridized carbons (Fsp3) is 0.250. The zero-order chi connectivity index (χ0) is 9.42. The number of rotatable bonds is 1. The normalized spacial score (nSPS) is 11.0. The van der Waals surface area contributed by atoms with E-state index in [0.717, 1.165) is 22.3 Å². The summed E-state index contributed by atoms with van der Waals surface area (Å²) in [7, 11) is 0. The molecule has 0 aromatic carbocycles. The van der Waals surface area contributed by atoms with Gasteiger partial charge in [0.2, 0.25) is 5.28 Å². The van der Waals surface area contributed by atoms with Crippen LogP contribution in [-0.4, -0.2) is 14.5 Å². The highest BCUT2D eigenvalue weighted by Crippen LogP contribution is 2.19. The first-order chi connectivity index (χ1) is 6.22. The Morgan fingerprint density at radius 1 is 1.46 bits per heavy atom. The van der Waals surface area contributed by atoms with Crippen molar-refractivity contribution in [3.63, 3.8) is 0 Å². The van der Waals surface area contributed by atoms with Crippen molar-refractivity contribution in [2.45, 2.75) is 13.5 Å². The van der Waals surface area contributed by atoms with Crippen molar-refractivity contribution in [2.75, 3.05) is 0 Å². The highest BCUT2D eigenvalue weighted by Gasteiger charge is 2.08. The number of halogens is 2. The van der Waals surface area contributed by atoms with E-state index in [1.807, 2.05) is 23.6 Å². The van der Waals surface area contributed by atoms with E-state index in [4.69, 9.17) is 11.6 Å². The smallest absolute Gasteiger partial charge is 0.204 e. The molecule has 0 spiro atoms. The SMILES string of the molecule is CCn1c(Cl)nc2ccc(Br)nc21. The topological polar surface area (TPSA) is 30.7 Å². The number of nitrogens with zero attached hydrogens (tertiary/aromatic N) is 3. The van der Waals surface area contributed by atoms with Crippen molar-refractivity contribution < 1.29 is 0 Å². The Labute approximate surface area is 88.9 Å². The first-order valence-electron chi connectivity index (χ1n) is 3.90. The second-order valence-electron chi connectivity index (χ2n) is 2.60. The van der Waals surface area contributed by atoms with Crippen LogP contribution in [0.4, 0.5) is 0 Å². The monoisotopic (exact) mass is 259 g/mol. The molecule has 5 heteroatoms. The minimum absolute atomic E-state index is 0.489. The summed E-state index contributed by atoms with van der Waals surface area (Å²) in [5, 5.41) is 0.489. The lowest BCUT2D eigenvalue weighted by atomic mass is 10.4. The van der Waals surface area contributed by atoms with Crippen LogP contribution in [0.2, 0.25) is 5.28 Å². The van der Waals surface area contributed by atoms with Crippen LogP contribution in [0, 0.1) is 0 Å². The minimum atomic E-state index is 0.489. The summed E-state index contributed by atoms with van der Waals surface area (Å²) in [6.45, 7) is 2.79. The molecule has 0 bridgehead atoms. The van der Waals surface area contributed by atoms with Crippen molar-refractivity contribution in [1.29, 1.82) is 0 Å². The molecule has 2 aromatic rings. The van der Waals surface area contributed by atoms with Gasteiger partial charge < -0.3 is 0 Å². The van der Waals surface area contributed by atoms with Gasteiger partial charge >= 0.3 is 0 Å². The van der Waals surface area contributed by atoms with E-state index < -0.39 is 0 Å². The Bertz CT molecular complexity index is 452. The molecule has 3 nitrogen and oxygen atoms in total. The molecule has 2 heterocycles. The summed E-state index contributed by atoms with van der Waals surface area (Å²) in [6.07, 6.45) is 0. The first kappa shape index (κ1) is 8.97. The van der Waals surface area contributed by atoms with Crippen LogP contribution >= 0.6 is 27.5 Å². The van der Waals surface area contributed by atoms with Gasteiger partial charge in [0.05, 0.1) is 0 Å². The molecule has 0 aliphatic rings. The van der Waals surface area contributed by atoms with Crippen LogP contribution in [0.1, 0.15) is 6.92 Å². The number of hydrogen-bond donors (Lipinski definition) is 0. The van der Waals surface area contributed by atoms with Crippen LogP contribution in [0.5, 0.6) is 0 Å². The highest BCUT2D eigenvalue weighted by atomic mass is 79.9. The average Bonchev–Trinajstić information content (AvgIpc) is 2.40. The fourth-order valence-corrected chi connectivity index (χ4v) is 1.82. The summed E-state index contributed by atoms with van der Waals surface area (Å²) in [5.74, 6) is 0. The molecule has 0 amide bonds. The van der Waals surface area contributed by atoms with Crippen molar-refractivity contribution in [3.05, 3.63) is 22.0 Å². The van der Waals surface area contributed by atoms with Gasteiger partial charge in [-0.3, -0.25) is 4.57 Å². The third-order valence-corrected chi connectivity index (χ3v) is 2.56. The zero-order valence-electron chi connectivity index (χ0n) is 6.96. The van der Waals surface area contributed by atoms with Gasteiger partial charge in [-0.1, -0.05) is 0 Å². The second-order valence-corrected chi connectivity index (χ2v) is 3.75. The van der Waals surface area contributed by atoms with Gasteiger partial charge in [0.1, 0.15) is 10.1 Å². The number of imidazole rings is 1. The molecule has 2 aromatic heterocycles. The maximum absolute atomic E-state index is 5.92. The molecule has 0 saturated heterocycles. The number of fused-ring (bicyclic) bond motifs is 1. The molecule has 0 unspecified atom stereocenters. The summed E-state index contributed by atoms with van der Waals surface area (Å²) in [4.78, 5) is 8.47. The summed E-state index contributed by atoms with van der Waals surface area (Å²) >= 11 is 9.23. The van der Waals surface area contributed by atoms with Gasteiger partial charge in [-0.25, -0.2) is 9.97 Å². The van der Waals surface area contributed by atoms with Crippen LogP contribution in [0.3, 0.4) is 0 Å². The van der Waals surface area contributed by atoms with Gasteiger partial charge in [0.15, 0.2) is 5.65 Å². The standard InChI is InChI=1S/C8H7BrClN3/c1-2-13-7-5(11-8(13)10)3-4-6(9)12-7/h3-4H,2H2,1H3. The molecule has 0 fully saturated rings. The average molecular weight is 261 g/mol. The van der Waals surface area contributed by atoms with Gasteiger partial charge in [-0.05, 0) is 46.6 Å². The third-order valence-electron chi connectivity index (χ3n) is 1.83. The molecular formula is C8H7BrClN3. The molecular weight excluding hydrogens is 253 g/mol. The molecule has 0 N–H and O–H groups in total.